The standard InChI is InChI=1S/C27H23Cl3N4O4/c1-3-10-38-24(37)27(8-9-27)32-22(35)21-15-31-25-33(20-12-18(29)11-19(30)13-20)23(36)26(2,34(21)25)14-16-4-6-17(28)7-5-16/h3-7,11-13,15H,1,8-10,14H2,2H3,(H,32,35). The Kier molecular flexibility index (Phi) is 6.75. The highest BCUT2D eigenvalue weighted by atomic mass is 35.5. The molecular formula is C27H23Cl3N4O4. The number of aromatic nitrogens is 2. The van der Waals surface area contributed by atoms with Crippen LogP contribution >= 0.6 is 34.8 Å². The van der Waals surface area contributed by atoms with Crippen LogP contribution < -0.4 is 10.2 Å². The Morgan fingerprint density at radius 3 is 2.37 bits per heavy atom. The summed E-state index contributed by atoms with van der Waals surface area (Å²) in [6, 6.07) is 11.9. The highest BCUT2D eigenvalue weighted by molar-refractivity contribution is 6.35. The molecule has 1 N–H and O–H groups in total. The normalized spacial score (nSPS) is 19.2. The molecule has 1 saturated carbocycles. The second-order valence-corrected chi connectivity index (χ2v) is 10.9. The molecule has 2 amide bonds. The van der Waals surface area contributed by atoms with Crippen molar-refractivity contribution in [1.29, 1.82) is 0 Å². The largest absolute Gasteiger partial charge is 0.460 e. The van der Waals surface area contributed by atoms with Crippen molar-refractivity contribution in [1.82, 2.24) is 14.9 Å². The average Bonchev–Trinajstić information content (AvgIpc) is 3.45. The van der Waals surface area contributed by atoms with Crippen LogP contribution in [0.3, 0.4) is 0 Å². The maximum atomic E-state index is 14.1. The van der Waals surface area contributed by atoms with Gasteiger partial charge in [0.15, 0.2) is 0 Å². The maximum absolute atomic E-state index is 14.1. The lowest BCUT2D eigenvalue weighted by atomic mass is 9.91. The van der Waals surface area contributed by atoms with Gasteiger partial charge in [-0.05, 0) is 55.7 Å². The maximum Gasteiger partial charge on any atom is 0.332 e. The number of halogens is 3. The number of hydrogen-bond acceptors (Lipinski definition) is 5. The molecule has 8 nitrogen and oxygen atoms in total. The second-order valence-electron chi connectivity index (χ2n) is 9.55. The molecule has 1 atom stereocenters. The number of anilines is 2. The van der Waals surface area contributed by atoms with Crippen molar-refractivity contribution in [3.8, 4) is 0 Å². The number of rotatable bonds is 8. The molecule has 2 heterocycles. The minimum absolute atomic E-state index is 0.0450. The number of hydrogen-bond donors (Lipinski definition) is 1. The van der Waals surface area contributed by atoms with Gasteiger partial charge in [-0.3, -0.25) is 14.2 Å². The molecule has 38 heavy (non-hydrogen) atoms. The van der Waals surface area contributed by atoms with Crippen LogP contribution in [0, 0.1) is 0 Å². The summed E-state index contributed by atoms with van der Waals surface area (Å²) in [5.41, 5.74) is -0.989. The minimum Gasteiger partial charge on any atom is -0.460 e. The van der Waals surface area contributed by atoms with Crippen molar-refractivity contribution in [2.45, 2.75) is 37.3 Å². The van der Waals surface area contributed by atoms with Gasteiger partial charge in [0.25, 0.3) is 11.8 Å². The Morgan fingerprint density at radius 2 is 1.76 bits per heavy atom. The Morgan fingerprint density at radius 1 is 1.11 bits per heavy atom. The first-order valence-electron chi connectivity index (χ1n) is 11.8. The molecule has 196 valence electrons. The van der Waals surface area contributed by atoms with E-state index in [1.165, 1.54) is 17.2 Å². The number of nitrogens with zero attached hydrogens (tertiary/aromatic N) is 3. The van der Waals surface area contributed by atoms with Crippen molar-refractivity contribution in [2.75, 3.05) is 11.5 Å². The van der Waals surface area contributed by atoms with E-state index in [-0.39, 0.29) is 30.6 Å². The van der Waals surface area contributed by atoms with Gasteiger partial charge in [-0.15, -0.1) is 0 Å². The third-order valence-electron chi connectivity index (χ3n) is 6.73. The van der Waals surface area contributed by atoms with E-state index in [9.17, 15) is 14.4 Å². The number of carbonyl (C=O) groups is 3. The van der Waals surface area contributed by atoms with E-state index in [4.69, 9.17) is 39.5 Å². The van der Waals surface area contributed by atoms with Crippen LogP contribution in [0.15, 0.2) is 61.3 Å². The van der Waals surface area contributed by atoms with Crippen molar-refractivity contribution in [3.63, 3.8) is 0 Å². The fourth-order valence-electron chi connectivity index (χ4n) is 4.69. The topological polar surface area (TPSA) is 93.5 Å². The van der Waals surface area contributed by atoms with Crippen LogP contribution in [0.2, 0.25) is 15.1 Å². The lowest BCUT2D eigenvalue weighted by Gasteiger charge is -2.27. The van der Waals surface area contributed by atoms with E-state index in [1.807, 2.05) is 12.1 Å². The average molecular weight is 574 g/mol. The van der Waals surface area contributed by atoms with Gasteiger partial charge in [-0.2, -0.15) is 0 Å². The quantitative estimate of drug-likeness (QED) is 0.285. The molecule has 0 spiro atoms. The van der Waals surface area contributed by atoms with Gasteiger partial charge in [-0.25, -0.2) is 14.7 Å². The number of fused-ring (bicyclic) bond motifs is 1. The van der Waals surface area contributed by atoms with Gasteiger partial charge >= 0.3 is 5.97 Å². The molecule has 1 fully saturated rings. The minimum atomic E-state index is -1.25. The predicted molar refractivity (Wildman–Crippen MR) is 145 cm³/mol. The number of nitrogens with one attached hydrogen (secondary N) is 1. The van der Waals surface area contributed by atoms with Crippen molar-refractivity contribution >= 4 is 64.2 Å². The number of carbonyl (C=O) groups excluding carboxylic acids is 3. The SMILES string of the molecule is C=CCOC(=O)C1(NC(=O)c2cnc3n2C(C)(Cc2ccc(Cl)cc2)C(=O)N3c2cc(Cl)cc(Cl)c2)CC1. The molecule has 3 aromatic rings. The van der Waals surface area contributed by atoms with E-state index in [1.54, 1.807) is 41.8 Å². The molecule has 0 radical (unpaired) electrons. The van der Waals surface area contributed by atoms with Crippen molar-refractivity contribution < 1.29 is 19.1 Å². The van der Waals surface area contributed by atoms with Gasteiger partial charge in [0.05, 0.1) is 11.9 Å². The summed E-state index contributed by atoms with van der Waals surface area (Å²) in [6.07, 6.45) is 3.99. The van der Waals surface area contributed by atoms with Crippen LogP contribution in [0.1, 0.15) is 35.8 Å². The Labute approximate surface area is 234 Å². The van der Waals surface area contributed by atoms with Crippen LogP contribution in [-0.4, -0.2) is 39.5 Å². The first-order chi connectivity index (χ1) is 18.1. The number of esters is 1. The lowest BCUT2D eigenvalue weighted by molar-refractivity contribution is -0.145. The molecule has 11 heteroatoms. The third kappa shape index (κ3) is 4.57. The molecule has 5 rings (SSSR count). The van der Waals surface area contributed by atoms with Crippen molar-refractivity contribution in [3.05, 3.63) is 87.6 Å². The lowest BCUT2D eigenvalue weighted by Crippen LogP contribution is -2.47. The molecule has 2 aliphatic rings. The van der Waals surface area contributed by atoms with E-state index >= 15 is 0 Å². The zero-order valence-electron chi connectivity index (χ0n) is 20.3. The number of imidazole rings is 1. The monoisotopic (exact) mass is 572 g/mol. The Hall–Kier alpha value is -3.33. The van der Waals surface area contributed by atoms with E-state index < -0.39 is 23.0 Å². The number of benzene rings is 2. The summed E-state index contributed by atoms with van der Waals surface area (Å²) < 4.78 is 6.78. The van der Waals surface area contributed by atoms with Gasteiger partial charge in [0.1, 0.15) is 23.4 Å². The summed E-state index contributed by atoms with van der Waals surface area (Å²) >= 11 is 18.6. The number of ether oxygens (including phenoxy) is 1. The highest BCUT2D eigenvalue weighted by Crippen LogP contribution is 2.44. The van der Waals surface area contributed by atoms with Crippen LogP contribution in [-0.2, 0) is 26.3 Å². The zero-order chi connectivity index (χ0) is 27.2. The van der Waals surface area contributed by atoms with Crippen LogP contribution in [0.5, 0.6) is 0 Å². The van der Waals surface area contributed by atoms with E-state index in [0.717, 1.165) is 5.56 Å². The first kappa shape index (κ1) is 26.3. The number of amides is 2. The van der Waals surface area contributed by atoms with Crippen LogP contribution in [0.25, 0.3) is 0 Å². The van der Waals surface area contributed by atoms with Gasteiger partial charge < -0.3 is 10.1 Å². The Bertz CT molecular complexity index is 1450. The molecule has 1 aliphatic carbocycles. The van der Waals surface area contributed by atoms with Gasteiger partial charge in [0.2, 0.25) is 5.95 Å². The molecular weight excluding hydrogens is 551 g/mol. The fraction of sp³-hybridized carbons (Fsp3) is 0.259. The smallest absolute Gasteiger partial charge is 0.332 e. The van der Waals surface area contributed by atoms with Crippen molar-refractivity contribution in [2.24, 2.45) is 0 Å². The molecule has 2 aromatic carbocycles. The van der Waals surface area contributed by atoms with Gasteiger partial charge in [-0.1, -0.05) is 59.6 Å². The summed E-state index contributed by atoms with van der Waals surface area (Å²) in [5, 5.41) is 4.06. The highest BCUT2D eigenvalue weighted by Gasteiger charge is 2.55. The zero-order valence-corrected chi connectivity index (χ0v) is 22.6. The predicted octanol–water partition coefficient (Wildman–Crippen LogP) is 5.47. The third-order valence-corrected chi connectivity index (χ3v) is 7.41. The fourth-order valence-corrected chi connectivity index (χ4v) is 5.33. The molecule has 1 unspecified atom stereocenters. The van der Waals surface area contributed by atoms with E-state index in [2.05, 4.69) is 16.9 Å². The van der Waals surface area contributed by atoms with Gasteiger partial charge in [0, 0.05) is 21.5 Å². The van der Waals surface area contributed by atoms with Crippen LogP contribution in [0.4, 0.5) is 11.6 Å². The molecule has 1 aromatic heterocycles. The first-order valence-corrected chi connectivity index (χ1v) is 13.0. The summed E-state index contributed by atoms with van der Waals surface area (Å²) in [7, 11) is 0. The molecule has 0 saturated heterocycles. The molecule has 1 aliphatic heterocycles. The van der Waals surface area contributed by atoms with E-state index in [0.29, 0.717) is 33.6 Å². The summed E-state index contributed by atoms with van der Waals surface area (Å²) in [5.74, 6) is -1.16. The summed E-state index contributed by atoms with van der Waals surface area (Å²) in [4.78, 5) is 46.0. The summed E-state index contributed by atoms with van der Waals surface area (Å²) in [6.45, 7) is 5.33. The Balaban J connectivity index is 1.57. The molecule has 0 bridgehead atoms. The second kappa shape index (κ2) is 9.76.